The molecule has 1 aliphatic heterocycles. The van der Waals surface area contributed by atoms with Crippen LogP contribution < -0.4 is 16.0 Å². The fraction of sp³-hybridized carbons (Fsp3) is 0.500. The quantitative estimate of drug-likeness (QED) is 0.475. The summed E-state index contributed by atoms with van der Waals surface area (Å²) < 4.78 is 11.2. The van der Waals surface area contributed by atoms with Crippen molar-refractivity contribution in [3.05, 3.63) is 29.8 Å². The third-order valence-corrected chi connectivity index (χ3v) is 3.31. The first-order valence-corrected chi connectivity index (χ1v) is 6.60. The Kier molecular flexibility index (Phi) is 4.76. The maximum Gasteiger partial charge on any atom is 0.263 e. The van der Waals surface area contributed by atoms with Crippen molar-refractivity contribution in [3.8, 4) is 5.75 Å². The van der Waals surface area contributed by atoms with Crippen molar-refractivity contribution in [3.63, 3.8) is 0 Å². The second-order valence-electron chi connectivity index (χ2n) is 4.64. The zero-order chi connectivity index (χ0) is 13.7. The van der Waals surface area contributed by atoms with Crippen LogP contribution in [0.2, 0.25) is 0 Å². The molecule has 1 amide bonds. The van der Waals surface area contributed by atoms with E-state index in [0.717, 1.165) is 18.6 Å². The number of hydrogen-bond acceptors (Lipinski definition) is 4. The van der Waals surface area contributed by atoms with E-state index in [1.54, 1.807) is 0 Å². The Morgan fingerprint density at radius 2 is 2.16 bits per heavy atom. The number of carbonyl (C=O) groups excluding carboxylic acids is 1. The molecule has 5 heteroatoms. The van der Waals surface area contributed by atoms with Crippen LogP contribution in [0.3, 0.4) is 0 Å². The molecular weight excluding hydrogens is 244 g/mol. The number of hydrazine groups is 1. The fourth-order valence-corrected chi connectivity index (χ4v) is 2.12. The lowest BCUT2D eigenvalue weighted by Gasteiger charge is -2.14. The molecule has 2 atom stereocenters. The number of hydrogen-bond donors (Lipinski definition) is 2. The molecule has 1 saturated heterocycles. The minimum absolute atomic E-state index is 0.0480. The van der Waals surface area contributed by atoms with Gasteiger partial charge in [0, 0.05) is 0 Å². The number of amides is 1. The van der Waals surface area contributed by atoms with Gasteiger partial charge in [0.1, 0.15) is 18.5 Å². The lowest BCUT2D eigenvalue weighted by molar-refractivity contribution is -0.132. The summed E-state index contributed by atoms with van der Waals surface area (Å²) in [5, 5.41) is 0. The Bertz CT molecular complexity index is 419. The van der Waals surface area contributed by atoms with Gasteiger partial charge < -0.3 is 9.47 Å². The normalized spacial score (nSPS) is 22.2. The third-order valence-electron chi connectivity index (χ3n) is 3.31. The van der Waals surface area contributed by atoms with Gasteiger partial charge in [-0.2, -0.15) is 0 Å². The highest BCUT2D eigenvalue weighted by Gasteiger charge is 2.30. The lowest BCUT2D eigenvalue weighted by atomic mass is 10.2. The van der Waals surface area contributed by atoms with Gasteiger partial charge in [0.05, 0.1) is 6.10 Å². The number of aryl methyl sites for hydroxylation is 1. The summed E-state index contributed by atoms with van der Waals surface area (Å²) in [5.41, 5.74) is 3.39. The average molecular weight is 264 g/mol. The van der Waals surface area contributed by atoms with Gasteiger partial charge in [-0.3, -0.25) is 10.2 Å². The lowest BCUT2D eigenvalue weighted by Crippen LogP contribution is -2.39. The van der Waals surface area contributed by atoms with Gasteiger partial charge in [-0.25, -0.2) is 5.84 Å². The number of nitrogens with two attached hydrogens (primary N) is 1. The molecule has 1 aromatic rings. The molecule has 0 spiro atoms. The third kappa shape index (κ3) is 3.68. The Morgan fingerprint density at radius 1 is 1.42 bits per heavy atom. The Morgan fingerprint density at radius 3 is 2.79 bits per heavy atom. The van der Waals surface area contributed by atoms with Crippen LogP contribution in [0.15, 0.2) is 24.3 Å². The maximum absolute atomic E-state index is 11.3. The van der Waals surface area contributed by atoms with Crippen LogP contribution in [-0.4, -0.2) is 24.7 Å². The maximum atomic E-state index is 11.3. The number of ether oxygens (including phenoxy) is 2. The Balaban J connectivity index is 1.78. The molecule has 3 N–H and O–H groups in total. The predicted octanol–water partition coefficient (Wildman–Crippen LogP) is 1.17. The Labute approximate surface area is 113 Å². The molecule has 1 heterocycles. The summed E-state index contributed by atoms with van der Waals surface area (Å²) in [5.74, 6) is 5.64. The van der Waals surface area contributed by atoms with E-state index in [4.69, 9.17) is 15.3 Å². The largest absolute Gasteiger partial charge is 0.491 e. The minimum atomic E-state index is -0.443. The van der Waals surface area contributed by atoms with Crippen molar-refractivity contribution < 1.29 is 14.3 Å². The van der Waals surface area contributed by atoms with E-state index in [1.165, 1.54) is 5.56 Å². The van der Waals surface area contributed by atoms with E-state index in [2.05, 4.69) is 24.5 Å². The van der Waals surface area contributed by atoms with Crippen LogP contribution in [0.25, 0.3) is 0 Å². The van der Waals surface area contributed by atoms with E-state index >= 15 is 0 Å². The molecule has 2 rings (SSSR count). The fourth-order valence-electron chi connectivity index (χ4n) is 2.12. The first-order chi connectivity index (χ1) is 9.22. The molecule has 2 unspecified atom stereocenters. The second-order valence-corrected chi connectivity index (χ2v) is 4.64. The van der Waals surface area contributed by atoms with Crippen LogP contribution in [0.4, 0.5) is 0 Å². The van der Waals surface area contributed by atoms with Crippen molar-refractivity contribution in [2.24, 2.45) is 5.84 Å². The SMILES string of the molecule is CCc1ccc(OCC2CCC(C(=O)NN)O2)cc1. The van der Waals surface area contributed by atoms with Crippen LogP contribution in [0.5, 0.6) is 5.75 Å². The van der Waals surface area contributed by atoms with Crippen molar-refractivity contribution in [2.45, 2.75) is 38.4 Å². The second kappa shape index (κ2) is 6.54. The van der Waals surface area contributed by atoms with E-state index in [9.17, 15) is 4.79 Å². The number of nitrogens with one attached hydrogen (secondary N) is 1. The molecule has 0 radical (unpaired) electrons. The smallest absolute Gasteiger partial charge is 0.263 e. The molecule has 1 fully saturated rings. The summed E-state index contributed by atoms with van der Waals surface area (Å²) in [4.78, 5) is 11.3. The van der Waals surface area contributed by atoms with Gasteiger partial charge in [0.2, 0.25) is 0 Å². The van der Waals surface area contributed by atoms with Crippen LogP contribution >= 0.6 is 0 Å². The zero-order valence-corrected chi connectivity index (χ0v) is 11.1. The summed E-state index contributed by atoms with van der Waals surface area (Å²) in [7, 11) is 0. The summed E-state index contributed by atoms with van der Waals surface area (Å²) in [6, 6.07) is 8.01. The average Bonchev–Trinajstić information content (AvgIpc) is 2.93. The van der Waals surface area contributed by atoms with Gasteiger partial charge in [0.25, 0.3) is 5.91 Å². The van der Waals surface area contributed by atoms with Crippen LogP contribution in [-0.2, 0) is 16.0 Å². The van der Waals surface area contributed by atoms with Crippen molar-refractivity contribution in [1.29, 1.82) is 0 Å². The molecule has 1 aliphatic rings. The van der Waals surface area contributed by atoms with Gasteiger partial charge in [0.15, 0.2) is 0 Å². The molecule has 1 aromatic carbocycles. The minimum Gasteiger partial charge on any atom is -0.491 e. The van der Waals surface area contributed by atoms with E-state index in [1.807, 2.05) is 12.1 Å². The summed E-state index contributed by atoms with van der Waals surface area (Å²) in [6.07, 6.45) is 2.02. The predicted molar refractivity (Wildman–Crippen MR) is 71.5 cm³/mol. The number of rotatable bonds is 5. The molecular formula is C14H20N2O3. The molecule has 5 nitrogen and oxygen atoms in total. The highest BCUT2D eigenvalue weighted by atomic mass is 16.5. The Hall–Kier alpha value is -1.59. The van der Waals surface area contributed by atoms with E-state index in [-0.39, 0.29) is 12.0 Å². The van der Waals surface area contributed by atoms with Gasteiger partial charge in [-0.1, -0.05) is 19.1 Å². The number of benzene rings is 1. The van der Waals surface area contributed by atoms with Crippen molar-refractivity contribution in [1.82, 2.24) is 5.43 Å². The van der Waals surface area contributed by atoms with E-state index in [0.29, 0.717) is 13.0 Å². The molecule has 0 aromatic heterocycles. The molecule has 0 saturated carbocycles. The molecule has 104 valence electrons. The first kappa shape index (κ1) is 13.8. The highest BCUT2D eigenvalue weighted by molar-refractivity contribution is 5.80. The monoisotopic (exact) mass is 264 g/mol. The standard InChI is InChI=1S/C14H20N2O3/c1-2-10-3-5-11(6-4-10)18-9-12-7-8-13(19-12)14(17)16-15/h3-6,12-13H,2,7-9,15H2,1H3,(H,16,17). The number of carbonyl (C=O) groups is 1. The van der Waals surface area contributed by atoms with Crippen molar-refractivity contribution >= 4 is 5.91 Å². The van der Waals surface area contributed by atoms with E-state index < -0.39 is 6.10 Å². The van der Waals surface area contributed by atoms with Gasteiger partial charge >= 0.3 is 0 Å². The van der Waals surface area contributed by atoms with Crippen LogP contribution in [0, 0.1) is 0 Å². The first-order valence-electron chi connectivity index (χ1n) is 6.60. The van der Waals surface area contributed by atoms with Crippen molar-refractivity contribution in [2.75, 3.05) is 6.61 Å². The summed E-state index contributed by atoms with van der Waals surface area (Å²) in [6.45, 7) is 2.57. The summed E-state index contributed by atoms with van der Waals surface area (Å²) >= 11 is 0. The van der Waals surface area contributed by atoms with Crippen LogP contribution in [0.1, 0.15) is 25.3 Å². The molecule has 19 heavy (non-hydrogen) atoms. The molecule has 0 bridgehead atoms. The zero-order valence-electron chi connectivity index (χ0n) is 11.1. The highest BCUT2D eigenvalue weighted by Crippen LogP contribution is 2.21. The molecule has 0 aliphatic carbocycles. The van der Waals surface area contributed by atoms with Gasteiger partial charge in [-0.15, -0.1) is 0 Å². The topological polar surface area (TPSA) is 73.6 Å². The van der Waals surface area contributed by atoms with Gasteiger partial charge in [-0.05, 0) is 37.0 Å².